The number of hydrogen-bond acceptors (Lipinski definition) is 1. The van der Waals surface area contributed by atoms with Gasteiger partial charge in [0.15, 0.2) is 0 Å². The lowest BCUT2D eigenvalue weighted by atomic mass is 9.91. The van der Waals surface area contributed by atoms with Gasteiger partial charge in [-0.15, -0.1) is 0 Å². The van der Waals surface area contributed by atoms with Crippen molar-refractivity contribution in [2.24, 2.45) is 0 Å². The molecular formula is C18H29N. The van der Waals surface area contributed by atoms with Crippen LogP contribution < -0.4 is 5.32 Å². The summed E-state index contributed by atoms with van der Waals surface area (Å²) in [6.45, 7) is 9.12. The lowest BCUT2D eigenvalue weighted by molar-refractivity contribution is 0.446. The summed E-state index contributed by atoms with van der Waals surface area (Å²) in [5.74, 6) is 0.674. The Kier molecular flexibility index (Phi) is 5.04. The third-order valence-corrected chi connectivity index (χ3v) is 4.45. The maximum Gasteiger partial charge on any atom is 0.0325 e. The highest BCUT2D eigenvalue weighted by atomic mass is 14.9. The molecule has 1 aliphatic rings. The first-order valence-corrected chi connectivity index (χ1v) is 8.00. The number of nitrogens with one attached hydrogen (secondary N) is 1. The van der Waals surface area contributed by atoms with Crippen LogP contribution in [0.1, 0.15) is 82.0 Å². The Morgan fingerprint density at radius 3 is 2.68 bits per heavy atom. The van der Waals surface area contributed by atoms with Crippen LogP contribution in [0, 0.1) is 0 Å². The number of hydrogen-bond donors (Lipinski definition) is 1. The fourth-order valence-electron chi connectivity index (χ4n) is 3.10. The van der Waals surface area contributed by atoms with E-state index in [9.17, 15) is 0 Å². The minimum Gasteiger partial charge on any atom is -0.308 e. The van der Waals surface area contributed by atoms with E-state index in [0.29, 0.717) is 18.0 Å². The van der Waals surface area contributed by atoms with Gasteiger partial charge in [0.2, 0.25) is 0 Å². The summed E-state index contributed by atoms with van der Waals surface area (Å²) in [5, 5.41) is 3.76. The first kappa shape index (κ1) is 14.6. The van der Waals surface area contributed by atoms with Crippen LogP contribution in [0.2, 0.25) is 0 Å². The molecule has 0 saturated carbocycles. The molecule has 19 heavy (non-hydrogen) atoms. The fraction of sp³-hybridized carbons (Fsp3) is 0.667. The third-order valence-electron chi connectivity index (χ3n) is 4.45. The number of fused-ring (bicyclic) bond motifs is 1. The van der Waals surface area contributed by atoms with Crippen molar-refractivity contribution >= 4 is 0 Å². The smallest absolute Gasteiger partial charge is 0.0325 e. The molecule has 1 aliphatic carbocycles. The predicted octanol–water partition coefficient (Wildman–Crippen LogP) is 4.97. The molecule has 0 saturated heterocycles. The zero-order valence-corrected chi connectivity index (χ0v) is 13.0. The van der Waals surface area contributed by atoms with E-state index < -0.39 is 0 Å². The topological polar surface area (TPSA) is 12.0 Å². The Hall–Kier alpha value is -0.820. The van der Waals surface area contributed by atoms with Gasteiger partial charge < -0.3 is 5.32 Å². The molecule has 1 heteroatoms. The van der Waals surface area contributed by atoms with Crippen molar-refractivity contribution in [2.45, 2.75) is 77.8 Å². The molecule has 0 aliphatic heterocycles. The van der Waals surface area contributed by atoms with Gasteiger partial charge in [-0.05, 0) is 48.3 Å². The van der Waals surface area contributed by atoms with Crippen molar-refractivity contribution < 1.29 is 0 Å². The molecule has 2 atom stereocenters. The van der Waals surface area contributed by atoms with Gasteiger partial charge >= 0.3 is 0 Å². The van der Waals surface area contributed by atoms with Crippen LogP contribution in [0.5, 0.6) is 0 Å². The summed E-state index contributed by atoms with van der Waals surface area (Å²) in [6.07, 6.45) is 6.45. The summed E-state index contributed by atoms with van der Waals surface area (Å²) >= 11 is 0. The summed E-state index contributed by atoms with van der Waals surface area (Å²) in [5.41, 5.74) is 4.66. The normalized spacial score (nSPS) is 21.0. The summed E-state index contributed by atoms with van der Waals surface area (Å²) in [7, 11) is 0. The summed E-state index contributed by atoms with van der Waals surface area (Å²) in [6, 6.07) is 8.33. The molecule has 2 rings (SSSR count). The SMILES string of the molecule is CCC(C)c1ccc2c(c1)C(NC(C)C)CCCC2. The van der Waals surface area contributed by atoms with Crippen molar-refractivity contribution in [2.75, 3.05) is 0 Å². The molecular weight excluding hydrogens is 230 g/mol. The lowest BCUT2D eigenvalue weighted by Crippen LogP contribution is -2.28. The van der Waals surface area contributed by atoms with Gasteiger partial charge in [0, 0.05) is 12.1 Å². The molecule has 1 aromatic carbocycles. The second-order valence-electron chi connectivity index (χ2n) is 6.39. The summed E-state index contributed by atoms with van der Waals surface area (Å²) in [4.78, 5) is 0. The van der Waals surface area contributed by atoms with Crippen molar-refractivity contribution in [3.63, 3.8) is 0 Å². The lowest BCUT2D eigenvalue weighted by Gasteiger charge is -2.23. The van der Waals surface area contributed by atoms with Crippen LogP contribution in [0.4, 0.5) is 0 Å². The molecule has 0 fully saturated rings. The molecule has 106 valence electrons. The Morgan fingerprint density at radius 2 is 2.00 bits per heavy atom. The van der Waals surface area contributed by atoms with Crippen LogP contribution in [0.25, 0.3) is 0 Å². The third kappa shape index (κ3) is 3.60. The van der Waals surface area contributed by atoms with Gasteiger partial charge in [-0.25, -0.2) is 0 Å². The van der Waals surface area contributed by atoms with E-state index in [1.54, 1.807) is 11.1 Å². The van der Waals surface area contributed by atoms with Gasteiger partial charge in [0.25, 0.3) is 0 Å². The Labute approximate surface area is 118 Å². The van der Waals surface area contributed by atoms with Crippen LogP contribution in [0.3, 0.4) is 0 Å². The van der Waals surface area contributed by atoms with Crippen molar-refractivity contribution in [3.05, 3.63) is 34.9 Å². The average Bonchev–Trinajstić information content (AvgIpc) is 2.59. The molecule has 0 spiro atoms. The zero-order chi connectivity index (χ0) is 13.8. The Balaban J connectivity index is 2.32. The largest absolute Gasteiger partial charge is 0.308 e. The maximum absolute atomic E-state index is 3.76. The minimum absolute atomic E-state index is 0.557. The van der Waals surface area contributed by atoms with E-state index >= 15 is 0 Å². The highest BCUT2D eigenvalue weighted by Crippen LogP contribution is 2.32. The van der Waals surface area contributed by atoms with E-state index in [-0.39, 0.29) is 0 Å². The molecule has 2 unspecified atom stereocenters. The Bertz CT molecular complexity index is 408. The van der Waals surface area contributed by atoms with E-state index in [1.807, 2.05) is 0 Å². The van der Waals surface area contributed by atoms with Gasteiger partial charge in [-0.1, -0.05) is 52.3 Å². The van der Waals surface area contributed by atoms with Crippen molar-refractivity contribution in [1.82, 2.24) is 5.32 Å². The standard InChI is InChI=1S/C18H29N/c1-5-14(4)16-11-10-15-8-6-7-9-18(17(15)12-16)19-13(2)3/h10-14,18-19H,5-9H2,1-4H3. The van der Waals surface area contributed by atoms with Gasteiger partial charge in [0.1, 0.15) is 0 Å². The second-order valence-corrected chi connectivity index (χ2v) is 6.39. The van der Waals surface area contributed by atoms with E-state index in [2.05, 4.69) is 51.2 Å². The maximum atomic E-state index is 3.76. The van der Waals surface area contributed by atoms with E-state index in [1.165, 1.54) is 37.7 Å². The summed E-state index contributed by atoms with van der Waals surface area (Å²) < 4.78 is 0. The average molecular weight is 259 g/mol. The molecule has 1 nitrogen and oxygen atoms in total. The van der Waals surface area contributed by atoms with Crippen LogP contribution >= 0.6 is 0 Å². The number of aryl methyl sites for hydroxylation is 1. The minimum atomic E-state index is 0.557. The fourth-order valence-corrected chi connectivity index (χ4v) is 3.10. The van der Waals surface area contributed by atoms with Gasteiger partial charge in [-0.3, -0.25) is 0 Å². The first-order chi connectivity index (χ1) is 9.11. The van der Waals surface area contributed by atoms with Crippen LogP contribution in [-0.2, 0) is 6.42 Å². The molecule has 0 aromatic heterocycles. The van der Waals surface area contributed by atoms with Crippen LogP contribution in [0.15, 0.2) is 18.2 Å². The first-order valence-electron chi connectivity index (χ1n) is 8.00. The number of benzene rings is 1. The predicted molar refractivity (Wildman–Crippen MR) is 83.7 cm³/mol. The number of rotatable bonds is 4. The molecule has 1 N–H and O–H groups in total. The molecule has 1 aromatic rings. The Morgan fingerprint density at radius 1 is 1.21 bits per heavy atom. The van der Waals surface area contributed by atoms with Gasteiger partial charge in [0.05, 0.1) is 0 Å². The van der Waals surface area contributed by atoms with Crippen LogP contribution in [-0.4, -0.2) is 6.04 Å². The molecule has 0 heterocycles. The monoisotopic (exact) mass is 259 g/mol. The van der Waals surface area contributed by atoms with Crippen molar-refractivity contribution in [1.29, 1.82) is 0 Å². The molecule has 0 bridgehead atoms. The zero-order valence-electron chi connectivity index (χ0n) is 13.0. The second kappa shape index (κ2) is 6.56. The van der Waals surface area contributed by atoms with E-state index in [0.717, 1.165) is 0 Å². The molecule has 0 amide bonds. The van der Waals surface area contributed by atoms with Crippen molar-refractivity contribution in [3.8, 4) is 0 Å². The van der Waals surface area contributed by atoms with E-state index in [4.69, 9.17) is 0 Å². The molecule has 0 radical (unpaired) electrons. The quantitative estimate of drug-likeness (QED) is 0.753. The highest BCUT2D eigenvalue weighted by molar-refractivity contribution is 5.36. The van der Waals surface area contributed by atoms with Gasteiger partial charge in [-0.2, -0.15) is 0 Å². The highest BCUT2D eigenvalue weighted by Gasteiger charge is 2.20.